The Balaban J connectivity index is 1.30. The van der Waals surface area contributed by atoms with Gasteiger partial charge in [-0.3, -0.25) is 14.6 Å². The van der Waals surface area contributed by atoms with Gasteiger partial charge in [0, 0.05) is 63.3 Å². The van der Waals surface area contributed by atoms with Gasteiger partial charge in [0.15, 0.2) is 0 Å². The lowest BCUT2D eigenvalue weighted by atomic mass is 9.78. The molecular formula is C27H34ClN5O3. The third kappa shape index (κ3) is 4.68. The largest absolute Gasteiger partial charge is 0.393 e. The molecule has 2 aromatic heterocycles. The van der Waals surface area contributed by atoms with Crippen LogP contribution in [0.4, 0.5) is 5.82 Å². The number of hydrogen-bond donors (Lipinski definition) is 1. The molecule has 1 spiro atoms. The Labute approximate surface area is 217 Å². The highest BCUT2D eigenvalue weighted by atomic mass is 35.5. The van der Waals surface area contributed by atoms with Crippen molar-refractivity contribution in [2.45, 2.75) is 57.1 Å². The van der Waals surface area contributed by atoms with Crippen LogP contribution in [-0.2, 0) is 4.79 Å². The number of nitrogens with zero attached hydrogens (tertiary/aromatic N) is 5. The van der Waals surface area contributed by atoms with E-state index < -0.39 is 0 Å². The summed E-state index contributed by atoms with van der Waals surface area (Å²) in [6, 6.07) is 5.69. The molecule has 0 unspecified atom stereocenters. The van der Waals surface area contributed by atoms with Crippen LogP contribution in [-0.4, -0.2) is 82.6 Å². The number of carbonyl (C=O) groups is 2. The zero-order valence-electron chi connectivity index (χ0n) is 21.0. The Morgan fingerprint density at radius 1 is 1.08 bits per heavy atom. The number of halogens is 1. The Hall–Kier alpha value is -2.71. The van der Waals surface area contributed by atoms with Gasteiger partial charge in [-0.05, 0) is 57.1 Å². The topological polar surface area (TPSA) is 89.9 Å². The predicted molar refractivity (Wildman–Crippen MR) is 139 cm³/mol. The van der Waals surface area contributed by atoms with Crippen molar-refractivity contribution in [1.29, 1.82) is 0 Å². The summed E-state index contributed by atoms with van der Waals surface area (Å²) in [7, 11) is 3.39. The number of hydrogen-bond acceptors (Lipinski definition) is 6. The second kappa shape index (κ2) is 9.98. The minimum absolute atomic E-state index is 0.145. The maximum Gasteiger partial charge on any atom is 0.271 e. The average molecular weight is 512 g/mol. The van der Waals surface area contributed by atoms with E-state index >= 15 is 0 Å². The molecule has 9 heteroatoms. The standard InChI is InChI=1S/C27H34ClN5O3/c1-31(2)25(35)23-9-4-18(15-29-23)19-14-22(28)24(30-16-19)32-12-3-10-27(17-32)11-13-33(26(27)36)20-5-7-21(34)8-6-20/h4,9,14-16,20-21,34H,3,5-8,10-13,17H2,1-2H3/t20-,21+,27-/m1/s1. The summed E-state index contributed by atoms with van der Waals surface area (Å²) < 4.78 is 0. The summed E-state index contributed by atoms with van der Waals surface area (Å²) in [5, 5.41) is 10.4. The quantitative estimate of drug-likeness (QED) is 0.674. The smallest absolute Gasteiger partial charge is 0.271 e. The maximum atomic E-state index is 13.6. The first-order chi connectivity index (χ1) is 17.3. The number of amides is 2. The van der Waals surface area contributed by atoms with E-state index in [1.165, 1.54) is 4.90 Å². The summed E-state index contributed by atoms with van der Waals surface area (Å²) in [5.41, 5.74) is 1.67. The van der Waals surface area contributed by atoms with Crippen LogP contribution in [0.25, 0.3) is 11.1 Å². The number of aliphatic hydroxyl groups excluding tert-OH is 1. The van der Waals surface area contributed by atoms with Gasteiger partial charge in [-0.2, -0.15) is 0 Å². The Bertz CT molecular complexity index is 1130. The lowest BCUT2D eigenvalue weighted by Crippen LogP contribution is -2.50. The number of carbonyl (C=O) groups excluding carboxylic acids is 2. The number of aromatic nitrogens is 2. The van der Waals surface area contributed by atoms with E-state index in [4.69, 9.17) is 16.6 Å². The van der Waals surface area contributed by atoms with Crippen LogP contribution in [0.1, 0.15) is 55.4 Å². The fraction of sp³-hybridized carbons (Fsp3) is 0.556. The molecule has 2 saturated heterocycles. The molecule has 1 atom stereocenters. The molecule has 192 valence electrons. The third-order valence-electron chi connectivity index (χ3n) is 8.07. The predicted octanol–water partition coefficient (Wildman–Crippen LogP) is 3.62. The highest BCUT2D eigenvalue weighted by molar-refractivity contribution is 6.33. The highest BCUT2D eigenvalue weighted by Crippen LogP contribution is 2.44. The second-order valence-electron chi connectivity index (χ2n) is 10.7. The van der Waals surface area contributed by atoms with Crippen LogP contribution >= 0.6 is 11.6 Å². The number of piperidine rings is 1. The number of anilines is 1. The van der Waals surface area contributed by atoms with Gasteiger partial charge < -0.3 is 19.8 Å². The summed E-state index contributed by atoms with van der Waals surface area (Å²) in [6.07, 6.45) is 9.25. The molecule has 3 aliphatic rings. The van der Waals surface area contributed by atoms with Crippen molar-refractivity contribution >= 4 is 29.2 Å². The molecule has 3 fully saturated rings. The van der Waals surface area contributed by atoms with Crippen molar-refractivity contribution in [1.82, 2.24) is 19.8 Å². The van der Waals surface area contributed by atoms with Gasteiger partial charge >= 0.3 is 0 Å². The molecule has 4 heterocycles. The molecule has 1 aliphatic carbocycles. The summed E-state index contributed by atoms with van der Waals surface area (Å²) in [6.45, 7) is 2.25. The molecule has 0 radical (unpaired) electrons. The molecule has 36 heavy (non-hydrogen) atoms. The van der Waals surface area contributed by atoms with E-state index in [9.17, 15) is 14.7 Å². The first-order valence-electron chi connectivity index (χ1n) is 12.9. The number of rotatable bonds is 4. The molecule has 0 bridgehead atoms. The zero-order valence-corrected chi connectivity index (χ0v) is 21.7. The summed E-state index contributed by atoms with van der Waals surface area (Å²) >= 11 is 6.73. The van der Waals surface area contributed by atoms with Crippen LogP contribution in [0.15, 0.2) is 30.6 Å². The Morgan fingerprint density at radius 3 is 2.50 bits per heavy atom. The highest BCUT2D eigenvalue weighted by Gasteiger charge is 2.51. The molecule has 2 aliphatic heterocycles. The molecule has 8 nitrogen and oxygen atoms in total. The van der Waals surface area contributed by atoms with E-state index in [1.807, 2.05) is 12.1 Å². The first-order valence-corrected chi connectivity index (χ1v) is 13.2. The van der Waals surface area contributed by atoms with Gasteiger partial charge in [0.2, 0.25) is 5.91 Å². The van der Waals surface area contributed by atoms with Gasteiger partial charge in [0.25, 0.3) is 5.91 Å². The van der Waals surface area contributed by atoms with Crippen LogP contribution in [0, 0.1) is 5.41 Å². The van der Waals surface area contributed by atoms with Crippen LogP contribution < -0.4 is 4.90 Å². The van der Waals surface area contributed by atoms with E-state index in [2.05, 4.69) is 14.8 Å². The van der Waals surface area contributed by atoms with E-state index in [-0.39, 0.29) is 29.4 Å². The molecule has 5 rings (SSSR count). The summed E-state index contributed by atoms with van der Waals surface area (Å²) in [5.74, 6) is 0.826. The van der Waals surface area contributed by atoms with Crippen molar-refractivity contribution in [2.75, 3.05) is 38.6 Å². The average Bonchev–Trinajstić information content (AvgIpc) is 3.19. The van der Waals surface area contributed by atoms with Crippen molar-refractivity contribution in [3.8, 4) is 11.1 Å². The molecule has 2 aromatic rings. The fourth-order valence-corrected chi connectivity index (χ4v) is 6.28. The SMILES string of the molecule is CN(C)C(=O)c1ccc(-c2cnc(N3CCC[C@@]4(CCN([C@H]5CC[C@@H](O)CC5)C4=O)C3)c(Cl)c2)cn1. The fourth-order valence-electron chi connectivity index (χ4n) is 6.00. The maximum absolute atomic E-state index is 13.6. The summed E-state index contributed by atoms with van der Waals surface area (Å²) in [4.78, 5) is 40.5. The van der Waals surface area contributed by atoms with Gasteiger partial charge in [-0.1, -0.05) is 17.7 Å². The monoisotopic (exact) mass is 511 g/mol. The number of aliphatic hydroxyl groups is 1. The number of pyridine rings is 2. The number of likely N-dealkylation sites (tertiary alicyclic amines) is 1. The van der Waals surface area contributed by atoms with Crippen LogP contribution in [0.3, 0.4) is 0 Å². The van der Waals surface area contributed by atoms with Gasteiger partial charge in [0.1, 0.15) is 11.5 Å². The van der Waals surface area contributed by atoms with Crippen LogP contribution in [0.2, 0.25) is 5.02 Å². The lowest BCUT2D eigenvalue weighted by molar-refractivity contribution is -0.139. The Morgan fingerprint density at radius 2 is 1.83 bits per heavy atom. The van der Waals surface area contributed by atoms with E-state index in [1.54, 1.807) is 32.6 Å². The second-order valence-corrected chi connectivity index (χ2v) is 11.1. The van der Waals surface area contributed by atoms with E-state index in [0.29, 0.717) is 23.1 Å². The van der Waals surface area contributed by atoms with Crippen molar-refractivity contribution in [3.63, 3.8) is 0 Å². The molecule has 1 N–H and O–H groups in total. The third-order valence-corrected chi connectivity index (χ3v) is 8.35. The molecule has 1 saturated carbocycles. The molecule has 2 amide bonds. The molecular weight excluding hydrogens is 478 g/mol. The normalized spacial score (nSPS) is 26.5. The first kappa shape index (κ1) is 25.0. The van der Waals surface area contributed by atoms with Crippen LogP contribution in [0.5, 0.6) is 0 Å². The van der Waals surface area contributed by atoms with Gasteiger partial charge in [0.05, 0.1) is 16.5 Å². The van der Waals surface area contributed by atoms with Gasteiger partial charge in [-0.25, -0.2) is 4.98 Å². The minimum Gasteiger partial charge on any atom is -0.393 e. The molecule has 0 aromatic carbocycles. The minimum atomic E-state index is -0.378. The van der Waals surface area contributed by atoms with Crippen molar-refractivity contribution in [2.24, 2.45) is 5.41 Å². The van der Waals surface area contributed by atoms with Crippen molar-refractivity contribution in [3.05, 3.63) is 41.3 Å². The van der Waals surface area contributed by atoms with E-state index in [0.717, 1.165) is 69.2 Å². The lowest BCUT2D eigenvalue weighted by Gasteiger charge is -2.41. The van der Waals surface area contributed by atoms with Gasteiger partial charge in [-0.15, -0.1) is 0 Å². The zero-order chi connectivity index (χ0) is 25.4. The Kier molecular flexibility index (Phi) is 6.92. The van der Waals surface area contributed by atoms with Crippen molar-refractivity contribution < 1.29 is 14.7 Å².